The van der Waals surface area contributed by atoms with Crippen molar-refractivity contribution in [2.45, 2.75) is 19.3 Å². The summed E-state index contributed by atoms with van der Waals surface area (Å²) in [4.78, 5) is 17.0. The highest BCUT2D eigenvalue weighted by Gasteiger charge is 2.34. The lowest BCUT2D eigenvalue weighted by Crippen LogP contribution is -2.25. The Balaban J connectivity index is 1.68. The fraction of sp³-hybridized carbons (Fsp3) is 0.150. The number of rotatable bonds is 2. The zero-order valence-electron chi connectivity index (χ0n) is 15.0. The van der Waals surface area contributed by atoms with Crippen molar-refractivity contribution >= 4 is 49.2 Å². The number of hydrogen-bond acceptors (Lipinski definition) is 4. The molecule has 0 bridgehead atoms. The van der Waals surface area contributed by atoms with Crippen molar-refractivity contribution in [2.24, 2.45) is 0 Å². The molecule has 9 heteroatoms. The number of anilines is 1. The van der Waals surface area contributed by atoms with Crippen molar-refractivity contribution in [1.29, 1.82) is 0 Å². The maximum Gasteiger partial charge on any atom is 0.226 e. The van der Waals surface area contributed by atoms with Crippen LogP contribution in [0.3, 0.4) is 0 Å². The van der Waals surface area contributed by atoms with E-state index in [2.05, 4.69) is 31.3 Å². The molecule has 1 aliphatic rings. The molecule has 1 N–H and O–H groups in total. The average Bonchev–Trinajstić information content (AvgIpc) is 3.21. The van der Waals surface area contributed by atoms with Crippen LogP contribution in [-0.2, 0) is 4.79 Å². The minimum Gasteiger partial charge on any atom is -0.310 e. The number of hydrogen-bond donors (Lipinski definition) is 1. The first-order valence-electron chi connectivity index (χ1n) is 8.81. The monoisotopic (exact) mass is 474 g/mol. The normalized spacial score (nSPS) is 16.1. The van der Waals surface area contributed by atoms with Gasteiger partial charge in [-0.05, 0) is 36.8 Å². The molecule has 146 valence electrons. The van der Waals surface area contributed by atoms with E-state index in [1.807, 2.05) is 25.1 Å². The third-order valence-corrected chi connectivity index (χ3v) is 6.45. The lowest BCUT2D eigenvalue weighted by atomic mass is 9.85. The smallest absolute Gasteiger partial charge is 0.226 e. The Morgan fingerprint density at radius 2 is 2.07 bits per heavy atom. The fourth-order valence-corrected chi connectivity index (χ4v) is 5.19. The average molecular weight is 475 g/mol. The van der Waals surface area contributed by atoms with Gasteiger partial charge >= 0.3 is 0 Å². The predicted octanol–water partition coefficient (Wildman–Crippen LogP) is 5.31. The van der Waals surface area contributed by atoms with Crippen molar-refractivity contribution < 1.29 is 13.6 Å². The number of aromatic nitrogens is 3. The number of benzene rings is 2. The zero-order chi connectivity index (χ0) is 20.3. The van der Waals surface area contributed by atoms with E-state index < -0.39 is 17.6 Å². The maximum atomic E-state index is 14.5. The summed E-state index contributed by atoms with van der Waals surface area (Å²) in [6, 6.07) is 9.21. The van der Waals surface area contributed by atoms with Crippen LogP contribution in [0.2, 0.25) is 0 Å². The van der Waals surface area contributed by atoms with Gasteiger partial charge < -0.3 is 5.32 Å². The Kier molecular flexibility index (Phi) is 4.25. The number of nitrogens with one attached hydrogen (secondary N) is 1. The minimum absolute atomic E-state index is 0.0644. The van der Waals surface area contributed by atoms with Crippen LogP contribution in [0.15, 0.2) is 40.9 Å². The van der Waals surface area contributed by atoms with E-state index in [1.165, 1.54) is 23.5 Å². The molecule has 1 aliphatic heterocycles. The highest BCUT2D eigenvalue weighted by molar-refractivity contribution is 9.10. The molecule has 2 aromatic heterocycles. The standard InChI is InChI=1S/C20H13BrF2N4OS/c1-9-18-13(12-4-3-11(22)7-14(12)23)8-17(28)25-19(18)27(26-9)20-24-15-5-2-10(21)6-16(15)29-20/h2-7,13H,8H2,1H3,(H,25,28)/t13-/m1/s1. The van der Waals surface area contributed by atoms with Gasteiger partial charge in [-0.15, -0.1) is 0 Å². The molecule has 0 unspecified atom stereocenters. The van der Waals surface area contributed by atoms with Gasteiger partial charge in [-0.3, -0.25) is 4.79 Å². The summed E-state index contributed by atoms with van der Waals surface area (Å²) in [7, 11) is 0. The van der Waals surface area contributed by atoms with E-state index in [-0.39, 0.29) is 17.9 Å². The van der Waals surface area contributed by atoms with Gasteiger partial charge in [0.25, 0.3) is 0 Å². The zero-order valence-corrected chi connectivity index (χ0v) is 17.4. The molecule has 1 atom stereocenters. The van der Waals surface area contributed by atoms with Gasteiger partial charge in [0.2, 0.25) is 11.0 Å². The van der Waals surface area contributed by atoms with Gasteiger partial charge in [0.05, 0.1) is 15.9 Å². The molecular formula is C20H13BrF2N4OS. The summed E-state index contributed by atoms with van der Waals surface area (Å²) in [5, 5.41) is 8.04. The summed E-state index contributed by atoms with van der Waals surface area (Å²) in [5.41, 5.74) is 2.47. The number of aryl methyl sites for hydroxylation is 1. The van der Waals surface area contributed by atoms with Crippen LogP contribution in [0.4, 0.5) is 14.6 Å². The van der Waals surface area contributed by atoms with E-state index in [0.717, 1.165) is 26.3 Å². The Bertz CT molecular complexity index is 1300. The summed E-state index contributed by atoms with van der Waals surface area (Å²) in [6.45, 7) is 1.81. The number of carbonyl (C=O) groups is 1. The topological polar surface area (TPSA) is 59.8 Å². The quantitative estimate of drug-likeness (QED) is 0.428. The number of halogens is 3. The van der Waals surface area contributed by atoms with E-state index in [9.17, 15) is 13.6 Å². The molecule has 0 saturated carbocycles. The molecule has 5 nitrogen and oxygen atoms in total. The van der Waals surface area contributed by atoms with Crippen molar-refractivity contribution in [3.05, 3.63) is 69.3 Å². The van der Waals surface area contributed by atoms with Crippen LogP contribution in [0.5, 0.6) is 0 Å². The summed E-state index contributed by atoms with van der Waals surface area (Å²) < 4.78 is 31.4. The lowest BCUT2D eigenvalue weighted by molar-refractivity contribution is -0.116. The Morgan fingerprint density at radius 3 is 2.86 bits per heavy atom. The minimum atomic E-state index is -0.673. The first-order chi connectivity index (χ1) is 13.9. The number of amides is 1. The molecule has 3 heterocycles. The second-order valence-electron chi connectivity index (χ2n) is 6.84. The summed E-state index contributed by atoms with van der Waals surface area (Å²) >= 11 is 4.89. The fourth-order valence-electron chi connectivity index (χ4n) is 3.71. The molecule has 0 radical (unpaired) electrons. The first-order valence-corrected chi connectivity index (χ1v) is 10.4. The van der Waals surface area contributed by atoms with Gasteiger partial charge in [-0.25, -0.2) is 13.8 Å². The molecule has 29 heavy (non-hydrogen) atoms. The van der Waals surface area contributed by atoms with E-state index >= 15 is 0 Å². The largest absolute Gasteiger partial charge is 0.310 e. The summed E-state index contributed by atoms with van der Waals surface area (Å²) in [5.74, 6) is -1.65. The van der Waals surface area contributed by atoms with Crippen LogP contribution in [0.1, 0.15) is 29.2 Å². The second-order valence-corrected chi connectivity index (χ2v) is 8.76. The Labute approximate surface area is 176 Å². The van der Waals surface area contributed by atoms with Gasteiger partial charge in [0, 0.05) is 28.4 Å². The Morgan fingerprint density at radius 1 is 1.24 bits per heavy atom. The Hall–Kier alpha value is -2.65. The van der Waals surface area contributed by atoms with Crippen LogP contribution in [0.25, 0.3) is 15.3 Å². The molecular weight excluding hydrogens is 462 g/mol. The molecule has 0 saturated heterocycles. The first kappa shape index (κ1) is 18.4. The third-order valence-electron chi connectivity index (χ3n) is 4.96. The van der Waals surface area contributed by atoms with Crippen LogP contribution in [-0.4, -0.2) is 20.7 Å². The van der Waals surface area contributed by atoms with Gasteiger partial charge in [-0.2, -0.15) is 9.78 Å². The number of carbonyl (C=O) groups excluding carboxylic acids is 1. The molecule has 5 rings (SSSR count). The highest BCUT2D eigenvalue weighted by Crippen LogP contribution is 2.42. The molecule has 0 aliphatic carbocycles. The van der Waals surface area contributed by atoms with Crippen molar-refractivity contribution in [3.63, 3.8) is 0 Å². The van der Waals surface area contributed by atoms with Crippen molar-refractivity contribution in [1.82, 2.24) is 14.8 Å². The number of nitrogens with zero attached hydrogens (tertiary/aromatic N) is 3. The molecule has 4 aromatic rings. The number of fused-ring (bicyclic) bond motifs is 2. The summed E-state index contributed by atoms with van der Waals surface area (Å²) in [6.07, 6.45) is 0.0644. The van der Waals surface area contributed by atoms with E-state index in [0.29, 0.717) is 16.6 Å². The maximum absolute atomic E-state index is 14.5. The van der Waals surface area contributed by atoms with Crippen LogP contribution in [0, 0.1) is 18.6 Å². The SMILES string of the molecule is Cc1nn(-c2nc3ccc(Br)cc3s2)c2c1[C@@H](c1ccc(F)cc1F)CC(=O)N2. The van der Waals surface area contributed by atoms with Crippen LogP contribution < -0.4 is 5.32 Å². The van der Waals surface area contributed by atoms with Gasteiger partial charge in [0.1, 0.15) is 17.5 Å². The van der Waals surface area contributed by atoms with Crippen molar-refractivity contribution in [3.8, 4) is 5.13 Å². The third kappa shape index (κ3) is 3.05. The molecule has 0 spiro atoms. The molecule has 0 fully saturated rings. The number of thiazole rings is 1. The predicted molar refractivity (Wildman–Crippen MR) is 111 cm³/mol. The van der Waals surface area contributed by atoms with Gasteiger partial charge in [-0.1, -0.05) is 33.3 Å². The van der Waals surface area contributed by atoms with E-state index in [4.69, 9.17) is 0 Å². The molecule has 1 amide bonds. The van der Waals surface area contributed by atoms with Gasteiger partial charge in [0.15, 0.2) is 0 Å². The second kappa shape index (κ2) is 6.70. The van der Waals surface area contributed by atoms with Crippen LogP contribution >= 0.6 is 27.3 Å². The van der Waals surface area contributed by atoms with E-state index in [1.54, 1.807) is 4.68 Å². The van der Waals surface area contributed by atoms with Crippen molar-refractivity contribution in [2.75, 3.05) is 5.32 Å². The molecule has 2 aromatic carbocycles. The lowest BCUT2D eigenvalue weighted by Gasteiger charge is -2.24. The highest BCUT2D eigenvalue weighted by atomic mass is 79.9.